The minimum absolute atomic E-state index is 0.00297. The van der Waals surface area contributed by atoms with E-state index >= 15 is 0 Å². The molecule has 0 radical (unpaired) electrons. The Labute approximate surface area is 167 Å². The lowest BCUT2D eigenvalue weighted by Crippen LogP contribution is -2.46. The molecule has 154 valence electrons. The quantitative estimate of drug-likeness (QED) is 0.625. The van der Waals surface area contributed by atoms with E-state index in [1.165, 1.54) is 29.0 Å². The van der Waals surface area contributed by atoms with Crippen LogP contribution in [0, 0.1) is 5.82 Å². The van der Waals surface area contributed by atoms with Gasteiger partial charge in [0, 0.05) is 24.9 Å². The van der Waals surface area contributed by atoms with Gasteiger partial charge in [-0.15, -0.1) is 0 Å². The van der Waals surface area contributed by atoms with Gasteiger partial charge in [0.15, 0.2) is 0 Å². The third kappa shape index (κ3) is 5.07. The first kappa shape index (κ1) is 20.7. The number of rotatable bonds is 7. The number of carbonyl (C=O) groups excluding carboxylic acids is 2. The van der Waals surface area contributed by atoms with Gasteiger partial charge < -0.3 is 15.7 Å². The Morgan fingerprint density at radius 2 is 2.07 bits per heavy atom. The first-order valence-corrected chi connectivity index (χ1v) is 9.39. The molecule has 9 heteroatoms. The second-order valence-electron chi connectivity index (χ2n) is 6.76. The lowest BCUT2D eigenvalue weighted by molar-refractivity contribution is -0.126. The van der Waals surface area contributed by atoms with Crippen LogP contribution in [0.25, 0.3) is 5.69 Å². The average Bonchev–Trinajstić information content (AvgIpc) is 3.16. The van der Waals surface area contributed by atoms with Crippen LogP contribution in [0.4, 0.5) is 10.1 Å². The molecule has 8 nitrogen and oxygen atoms in total. The molecule has 1 fully saturated rings. The van der Waals surface area contributed by atoms with Crippen molar-refractivity contribution in [1.82, 2.24) is 14.8 Å². The summed E-state index contributed by atoms with van der Waals surface area (Å²) < 4.78 is 15.8. The molecule has 0 saturated carbocycles. The Bertz CT molecular complexity index is 946. The minimum Gasteiger partial charge on any atom is -0.395 e. The molecule has 2 aromatic rings. The fraction of sp³-hybridized carbons (Fsp3) is 0.350. The van der Waals surface area contributed by atoms with E-state index in [4.69, 9.17) is 5.11 Å². The molecule has 3 rings (SSSR count). The second kappa shape index (κ2) is 9.44. The molecule has 3 N–H and O–H groups in total. The number of hydrogen-bond donors (Lipinski definition) is 3. The molecule has 1 aliphatic heterocycles. The number of aliphatic hydroxyl groups excluding tert-OH is 1. The molecule has 29 heavy (non-hydrogen) atoms. The van der Waals surface area contributed by atoms with Crippen LogP contribution in [-0.2, 0) is 9.59 Å². The van der Waals surface area contributed by atoms with Crippen molar-refractivity contribution in [2.75, 3.05) is 31.6 Å². The largest absolute Gasteiger partial charge is 0.395 e. The molecule has 0 spiro atoms. The van der Waals surface area contributed by atoms with Crippen LogP contribution in [-0.4, -0.2) is 58.7 Å². The molecular weight excluding hydrogens is 379 g/mol. The van der Waals surface area contributed by atoms with Crippen molar-refractivity contribution < 1.29 is 19.1 Å². The summed E-state index contributed by atoms with van der Waals surface area (Å²) in [5, 5.41) is 14.0. The zero-order valence-corrected chi connectivity index (χ0v) is 15.8. The molecule has 1 atom stereocenters. The third-order valence-corrected chi connectivity index (χ3v) is 4.75. The summed E-state index contributed by atoms with van der Waals surface area (Å²) in [5.74, 6) is -1.33. The van der Waals surface area contributed by atoms with E-state index in [9.17, 15) is 18.8 Å². The van der Waals surface area contributed by atoms with E-state index in [0.717, 1.165) is 6.42 Å². The van der Waals surface area contributed by atoms with Gasteiger partial charge in [-0.1, -0.05) is 6.07 Å². The molecule has 1 saturated heterocycles. The van der Waals surface area contributed by atoms with E-state index in [-0.39, 0.29) is 36.9 Å². The van der Waals surface area contributed by atoms with E-state index in [2.05, 4.69) is 10.6 Å². The van der Waals surface area contributed by atoms with Gasteiger partial charge in [-0.05, 0) is 37.6 Å². The summed E-state index contributed by atoms with van der Waals surface area (Å²) in [4.78, 5) is 38.1. The van der Waals surface area contributed by atoms with Crippen molar-refractivity contribution in [2.45, 2.75) is 18.9 Å². The Balaban J connectivity index is 1.64. The zero-order chi connectivity index (χ0) is 20.8. The van der Waals surface area contributed by atoms with Crippen LogP contribution in [0.15, 0.2) is 47.4 Å². The lowest BCUT2D eigenvalue weighted by Gasteiger charge is -2.23. The number of amides is 2. The lowest BCUT2D eigenvalue weighted by atomic mass is 10.2. The smallest absolute Gasteiger partial charge is 0.255 e. The third-order valence-electron chi connectivity index (χ3n) is 4.75. The number of likely N-dealkylation sites (tertiary alicyclic amines) is 1. The van der Waals surface area contributed by atoms with Crippen LogP contribution >= 0.6 is 0 Å². The number of anilines is 1. The van der Waals surface area contributed by atoms with Gasteiger partial charge in [0.2, 0.25) is 11.8 Å². The maximum absolute atomic E-state index is 14.5. The Kier molecular flexibility index (Phi) is 6.73. The van der Waals surface area contributed by atoms with Gasteiger partial charge in [0.1, 0.15) is 5.82 Å². The van der Waals surface area contributed by atoms with Crippen molar-refractivity contribution in [3.63, 3.8) is 0 Å². The van der Waals surface area contributed by atoms with E-state index in [1.54, 1.807) is 23.1 Å². The minimum atomic E-state index is -0.662. The number of aliphatic hydroxyl groups is 1. The van der Waals surface area contributed by atoms with Gasteiger partial charge in [-0.2, -0.15) is 0 Å². The highest BCUT2D eigenvalue weighted by Crippen LogP contribution is 2.20. The molecule has 0 bridgehead atoms. The highest BCUT2D eigenvalue weighted by atomic mass is 19.1. The second-order valence-corrected chi connectivity index (χ2v) is 6.76. The molecular formula is C20H23FN4O4. The Morgan fingerprint density at radius 3 is 2.79 bits per heavy atom. The number of nitrogens with one attached hydrogen (secondary N) is 2. The van der Waals surface area contributed by atoms with Gasteiger partial charge >= 0.3 is 0 Å². The molecule has 1 aromatic carbocycles. The van der Waals surface area contributed by atoms with Crippen LogP contribution < -0.4 is 16.2 Å². The number of hydrogen-bond acceptors (Lipinski definition) is 5. The Hall–Kier alpha value is -3.04. The molecule has 0 aliphatic carbocycles. The van der Waals surface area contributed by atoms with Crippen molar-refractivity contribution in [1.29, 1.82) is 0 Å². The fourth-order valence-electron chi connectivity index (χ4n) is 3.38. The maximum Gasteiger partial charge on any atom is 0.255 e. The van der Waals surface area contributed by atoms with E-state index in [1.807, 2.05) is 0 Å². The van der Waals surface area contributed by atoms with Crippen LogP contribution in [0.2, 0.25) is 0 Å². The molecule has 1 unspecified atom stereocenters. The maximum atomic E-state index is 14.5. The predicted octanol–water partition coefficient (Wildman–Crippen LogP) is 0.488. The summed E-state index contributed by atoms with van der Waals surface area (Å²) >= 11 is 0. The average molecular weight is 402 g/mol. The molecule has 1 aromatic heterocycles. The van der Waals surface area contributed by atoms with Crippen molar-refractivity contribution in [3.05, 3.63) is 58.8 Å². The van der Waals surface area contributed by atoms with E-state index < -0.39 is 17.8 Å². The highest BCUT2D eigenvalue weighted by molar-refractivity contribution is 5.93. The SMILES string of the molecule is O=C(CN1CCCC1C(=O)NCCO)Nc1ccc(-n2ccccc2=O)cc1F. The summed E-state index contributed by atoms with van der Waals surface area (Å²) in [7, 11) is 0. The van der Waals surface area contributed by atoms with Crippen molar-refractivity contribution in [3.8, 4) is 5.69 Å². The molecule has 2 amide bonds. The van der Waals surface area contributed by atoms with Gasteiger partial charge in [-0.25, -0.2) is 4.39 Å². The van der Waals surface area contributed by atoms with Gasteiger partial charge in [-0.3, -0.25) is 23.9 Å². The van der Waals surface area contributed by atoms with Crippen molar-refractivity contribution >= 4 is 17.5 Å². The van der Waals surface area contributed by atoms with Crippen LogP contribution in [0.1, 0.15) is 12.8 Å². The number of carbonyl (C=O) groups is 2. The standard InChI is InChI=1S/C20H23FN4O4/c21-15-12-14(25-10-2-1-5-19(25)28)6-7-16(15)23-18(27)13-24-9-3-4-17(24)20(29)22-8-11-26/h1-2,5-7,10,12,17,26H,3-4,8-9,11,13H2,(H,22,29)(H,23,27). The highest BCUT2D eigenvalue weighted by Gasteiger charge is 2.31. The predicted molar refractivity (Wildman–Crippen MR) is 105 cm³/mol. The monoisotopic (exact) mass is 402 g/mol. The van der Waals surface area contributed by atoms with Crippen LogP contribution in [0.5, 0.6) is 0 Å². The van der Waals surface area contributed by atoms with Crippen molar-refractivity contribution in [2.24, 2.45) is 0 Å². The number of halogens is 1. The first-order chi connectivity index (χ1) is 14.0. The summed E-state index contributed by atoms with van der Waals surface area (Å²) in [6.07, 6.45) is 2.93. The molecule has 1 aliphatic rings. The van der Waals surface area contributed by atoms with Gasteiger partial charge in [0.25, 0.3) is 5.56 Å². The number of aromatic nitrogens is 1. The zero-order valence-electron chi connectivity index (χ0n) is 15.8. The Morgan fingerprint density at radius 1 is 1.24 bits per heavy atom. The fourth-order valence-corrected chi connectivity index (χ4v) is 3.38. The summed E-state index contributed by atoms with van der Waals surface area (Å²) in [5.41, 5.74) is 0.0673. The molecule has 2 heterocycles. The number of pyridine rings is 1. The summed E-state index contributed by atoms with van der Waals surface area (Å²) in [6.45, 7) is 0.556. The van der Waals surface area contributed by atoms with Crippen LogP contribution in [0.3, 0.4) is 0 Å². The topological polar surface area (TPSA) is 104 Å². The van der Waals surface area contributed by atoms with Gasteiger partial charge in [0.05, 0.1) is 30.6 Å². The first-order valence-electron chi connectivity index (χ1n) is 9.39. The number of benzene rings is 1. The number of nitrogens with zero attached hydrogens (tertiary/aromatic N) is 2. The normalized spacial score (nSPS) is 16.6. The van der Waals surface area contributed by atoms with E-state index in [0.29, 0.717) is 18.7 Å². The summed E-state index contributed by atoms with van der Waals surface area (Å²) in [6, 6.07) is 8.31.